The lowest BCUT2D eigenvalue weighted by Gasteiger charge is -2.36. The minimum absolute atomic E-state index is 0.150. The zero-order chi connectivity index (χ0) is 21.1. The molecule has 0 bridgehead atoms. The van der Waals surface area contributed by atoms with Gasteiger partial charge in [-0.25, -0.2) is 4.39 Å². The lowest BCUT2D eigenvalue weighted by molar-refractivity contribution is -0.382. The minimum atomic E-state index is -5.92. The number of rotatable bonds is 4. The van der Waals surface area contributed by atoms with Gasteiger partial charge in [0.2, 0.25) is 0 Å². The number of aryl methyl sites for hydroxylation is 1. The van der Waals surface area contributed by atoms with Crippen molar-refractivity contribution in [2.45, 2.75) is 43.3 Å². The Morgan fingerprint density at radius 3 is 2.29 bits per heavy atom. The van der Waals surface area contributed by atoms with Gasteiger partial charge >= 0.3 is 18.3 Å². The summed E-state index contributed by atoms with van der Waals surface area (Å²) in [6, 6.07) is 2.06. The molecule has 0 saturated heterocycles. The number of halogens is 7. The number of carbonyl (C=O) groups is 1. The zero-order valence-electron chi connectivity index (χ0n) is 14.3. The van der Waals surface area contributed by atoms with Gasteiger partial charge in [0.25, 0.3) is 5.60 Å². The summed E-state index contributed by atoms with van der Waals surface area (Å²) in [6.45, 7) is 0.150. The lowest BCUT2D eigenvalue weighted by atomic mass is 9.88. The van der Waals surface area contributed by atoms with Crippen molar-refractivity contribution in [3.8, 4) is 0 Å². The van der Waals surface area contributed by atoms with Crippen LogP contribution in [0.25, 0.3) is 10.9 Å². The van der Waals surface area contributed by atoms with E-state index in [0.717, 1.165) is 12.1 Å². The van der Waals surface area contributed by atoms with Gasteiger partial charge in [-0.3, -0.25) is 4.79 Å². The third-order valence-corrected chi connectivity index (χ3v) is 5.04. The van der Waals surface area contributed by atoms with Crippen LogP contribution in [-0.2, 0) is 21.7 Å². The largest absolute Gasteiger partial charge is 0.481 e. The molecular formula is C17H14F7NO3. The van der Waals surface area contributed by atoms with E-state index in [1.165, 1.54) is 4.57 Å². The number of aliphatic carboxylic acids is 1. The van der Waals surface area contributed by atoms with Crippen LogP contribution in [0.1, 0.15) is 30.0 Å². The molecule has 1 aromatic carbocycles. The second-order valence-electron chi connectivity index (χ2n) is 6.57. The van der Waals surface area contributed by atoms with Crippen molar-refractivity contribution >= 4 is 16.9 Å². The van der Waals surface area contributed by atoms with Crippen LogP contribution in [-0.4, -0.2) is 35.1 Å². The maximum absolute atomic E-state index is 14.1. The van der Waals surface area contributed by atoms with E-state index in [9.17, 15) is 35.5 Å². The number of nitrogens with zero attached hydrogens (tertiary/aromatic N) is 1. The van der Waals surface area contributed by atoms with Gasteiger partial charge in [-0.15, -0.1) is 0 Å². The molecule has 0 fully saturated rings. The number of alkyl halides is 6. The molecule has 1 N–H and O–H groups in total. The predicted molar refractivity (Wildman–Crippen MR) is 82.3 cm³/mol. The summed E-state index contributed by atoms with van der Waals surface area (Å²) in [4.78, 5) is 11.0. The first-order valence-corrected chi connectivity index (χ1v) is 8.07. The van der Waals surface area contributed by atoms with E-state index in [-0.39, 0.29) is 37.4 Å². The topological polar surface area (TPSA) is 51.5 Å². The molecule has 11 heteroatoms. The second kappa shape index (κ2) is 6.36. The van der Waals surface area contributed by atoms with Gasteiger partial charge in [-0.1, -0.05) is 0 Å². The number of aromatic nitrogens is 1. The summed E-state index contributed by atoms with van der Waals surface area (Å²) in [5, 5.41) is 8.48. The monoisotopic (exact) mass is 413 g/mol. The van der Waals surface area contributed by atoms with Gasteiger partial charge in [0.15, 0.2) is 0 Å². The van der Waals surface area contributed by atoms with E-state index < -0.39 is 46.6 Å². The number of carboxylic acid groups (broad SMARTS) is 1. The molecule has 1 aliphatic heterocycles. The summed E-state index contributed by atoms with van der Waals surface area (Å²) >= 11 is 0. The third kappa shape index (κ3) is 2.83. The lowest BCUT2D eigenvalue weighted by Crippen LogP contribution is -2.55. The molecular weight excluding hydrogens is 399 g/mol. The molecule has 1 aromatic heterocycles. The fourth-order valence-electron chi connectivity index (χ4n) is 3.88. The number of hydrogen-bond acceptors (Lipinski definition) is 2. The predicted octanol–water partition coefficient (Wildman–Crippen LogP) is 4.71. The first-order valence-electron chi connectivity index (χ1n) is 8.07. The van der Waals surface area contributed by atoms with E-state index in [4.69, 9.17) is 5.11 Å². The second-order valence-corrected chi connectivity index (χ2v) is 6.57. The Bertz CT molecular complexity index is 915. The highest BCUT2D eigenvalue weighted by Crippen LogP contribution is 2.55. The van der Waals surface area contributed by atoms with Crippen LogP contribution in [0, 0.1) is 5.82 Å². The Hall–Kier alpha value is -2.30. The smallest absolute Gasteiger partial charge is 0.430 e. The van der Waals surface area contributed by atoms with Crippen molar-refractivity contribution in [1.82, 2.24) is 4.57 Å². The standard InChI is InChI=1S/C17H14F7NO3/c1-28-15(16(19,20)21,17(22,23)24)11-5-9(18)6-13-10(11)7-12-8(4-14(26)27)2-3-25(12)13/h5-8H,2-4H2,1H3,(H,26,27). The molecule has 1 aliphatic rings. The van der Waals surface area contributed by atoms with Crippen LogP contribution in [0.2, 0.25) is 0 Å². The van der Waals surface area contributed by atoms with Crippen LogP contribution in [0.15, 0.2) is 18.2 Å². The number of methoxy groups -OCH3 is 1. The molecule has 2 aromatic rings. The Labute approximate surface area is 153 Å². The average molecular weight is 413 g/mol. The van der Waals surface area contributed by atoms with Gasteiger partial charge in [-0.05, 0) is 24.6 Å². The van der Waals surface area contributed by atoms with E-state index >= 15 is 0 Å². The van der Waals surface area contributed by atoms with E-state index in [0.29, 0.717) is 6.42 Å². The highest BCUT2D eigenvalue weighted by Gasteiger charge is 2.73. The molecule has 154 valence electrons. The van der Waals surface area contributed by atoms with Crippen molar-refractivity contribution < 1.29 is 45.4 Å². The van der Waals surface area contributed by atoms with Gasteiger partial charge in [-0.2, -0.15) is 26.3 Å². The molecule has 0 aliphatic carbocycles. The SMILES string of the molecule is COC(c1cc(F)cc2c1cc1n2CCC1CC(=O)O)(C(F)(F)F)C(F)(F)F. The van der Waals surface area contributed by atoms with Crippen LogP contribution < -0.4 is 0 Å². The van der Waals surface area contributed by atoms with Gasteiger partial charge in [0.1, 0.15) is 5.82 Å². The van der Waals surface area contributed by atoms with Crippen molar-refractivity contribution in [1.29, 1.82) is 0 Å². The first-order chi connectivity index (χ1) is 12.8. The van der Waals surface area contributed by atoms with Crippen LogP contribution in [0.3, 0.4) is 0 Å². The highest BCUT2D eigenvalue weighted by atomic mass is 19.4. The number of carboxylic acids is 1. The summed E-state index contributed by atoms with van der Waals surface area (Å²) < 4.78 is 101. The van der Waals surface area contributed by atoms with Crippen molar-refractivity contribution in [2.75, 3.05) is 7.11 Å². The van der Waals surface area contributed by atoms with E-state index in [1.54, 1.807) is 0 Å². The molecule has 3 rings (SSSR count). The van der Waals surface area contributed by atoms with Crippen molar-refractivity contribution in [3.05, 3.63) is 35.3 Å². The third-order valence-electron chi connectivity index (χ3n) is 5.04. The molecule has 1 atom stereocenters. The summed E-state index contributed by atoms with van der Waals surface area (Å²) in [5.41, 5.74) is -6.07. The average Bonchev–Trinajstić information content (AvgIpc) is 3.06. The summed E-state index contributed by atoms with van der Waals surface area (Å²) in [7, 11) is 0.259. The minimum Gasteiger partial charge on any atom is -0.481 e. The molecule has 0 amide bonds. The first kappa shape index (κ1) is 20.4. The van der Waals surface area contributed by atoms with E-state index in [2.05, 4.69) is 4.74 Å². The zero-order valence-corrected chi connectivity index (χ0v) is 14.3. The van der Waals surface area contributed by atoms with E-state index in [1.807, 2.05) is 0 Å². The van der Waals surface area contributed by atoms with Gasteiger partial charge in [0, 0.05) is 36.2 Å². The molecule has 2 heterocycles. The molecule has 28 heavy (non-hydrogen) atoms. The maximum Gasteiger partial charge on any atom is 0.430 e. The Morgan fingerprint density at radius 2 is 1.79 bits per heavy atom. The van der Waals surface area contributed by atoms with Crippen molar-refractivity contribution in [3.63, 3.8) is 0 Å². The summed E-state index contributed by atoms with van der Waals surface area (Å²) in [5.74, 6) is -3.05. The molecule has 0 radical (unpaired) electrons. The molecule has 0 spiro atoms. The maximum atomic E-state index is 14.1. The Morgan fingerprint density at radius 1 is 1.18 bits per heavy atom. The number of benzene rings is 1. The number of ether oxygens (including phenoxy) is 1. The highest BCUT2D eigenvalue weighted by molar-refractivity contribution is 5.87. The Kier molecular flexibility index (Phi) is 4.64. The fraction of sp³-hybridized carbons (Fsp3) is 0.471. The van der Waals surface area contributed by atoms with Crippen molar-refractivity contribution in [2.24, 2.45) is 0 Å². The van der Waals surface area contributed by atoms with Gasteiger partial charge < -0.3 is 14.4 Å². The normalized spacial score (nSPS) is 17.9. The quantitative estimate of drug-likeness (QED) is 0.739. The molecule has 0 saturated carbocycles. The van der Waals surface area contributed by atoms with Crippen LogP contribution >= 0.6 is 0 Å². The Balaban J connectivity index is 2.34. The number of fused-ring (bicyclic) bond motifs is 3. The van der Waals surface area contributed by atoms with Crippen LogP contribution in [0.4, 0.5) is 30.7 Å². The fourth-order valence-corrected chi connectivity index (χ4v) is 3.88. The molecule has 1 unspecified atom stereocenters. The van der Waals surface area contributed by atoms with Gasteiger partial charge in [0.05, 0.1) is 11.9 Å². The van der Waals surface area contributed by atoms with Crippen LogP contribution in [0.5, 0.6) is 0 Å². The molecule has 4 nitrogen and oxygen atoms in total. The number of hydrogen-bond donors (Lipinski definition) is 1. The summed E-state index contributed by atoms with van der Waals surface area (Å²) in [6.07, 6.45) is -11.9.